The van der Waals surface area contributed by atoms with E-state index in [4.69, 9.17) is 4.74 Å². The zero-order valence-corrected chi connectivity index (χ0v) is 25.6. The number of amides is 2. The van der Waals surface area contributed by atoms with Crippen LogP contribution in [0.25, 0.3) is 11.1 Å². The van der Waals surface area contributed by atoms with E-state index in [1.165, 1.54) is 0 Å². The number of benzene rings is 4. The number of nitrogens with zero attached hydrogens (tertiary/aromatic N) is 1. The first-order valence-electron chi connectivity index (χ1n) is 15.4. The minimum atomic E-state index is -4.57. The predicted octanol–water partition coefficient (Wildman–Crippen LogP) is 8.85. The van der Waals surface area contributed by atoms with E-state index < -0.39 is 30.5 Å². The van der Waals surface area contributed by atoms with Crippen molar-refractivity contribution in [1.82, 2.24) is 10.3 Å². The maximum atomic E-state index is 13.7. The summed E-state index contributed by atoms with van der Waals surface area (Å²) in [6.07, 6.45) is -1.18. The molecular weight excluding hydrogens is 603 g/mol. The number of hydrogen-bond donors (Lipinski definition) is 2. The molecule has 1 aliphatic rings. The Labute approximate surface area is 270 Å². The van der Waals surface area contributed by atoms with Gasteiger partial charge in [-0.1, -0.05) is 80.1 Å². The minimum absolute atomic E-state index is 0.0746. The van der Waals surface area contributed by atoms with Crippen molar-refractivity contribution in [2.75, 3.05) is 11.9 Å². The van der Waals surface area contributed by atoms with Crippen molar-refractivity contribution in [3.05, 3.63) is 143 Å². The minimum Gasteiger partial charge on any atom is -0.457 e. The van der Waals surface area contributed by atoms with Crippen LogP contribution in [0.3, 0.4) is 0 Å². The van der Waals surface area contributed by atoms with E-state index in [2.05, 4.69) is 22.5 Å². The van der Waals surface area contributed by atoms with Crippen LogP contribution >= 0.6 is 0 Å². The van der Waals surface area contributed by atoms with Gasteiger partial charge in [-0.05, 0) is 71.1 Å². The first-order chi connectivity index (χ1) is 22.7. The second kappa shape index (κ2) is 13.5. The molecular formula is C38H32F3N3O3. The third-order valence-corrected chi connectivity index (χ3v) is 8.16. The third-order valence-electron chi connectivity index (χ3n) is 8.16. The lowest BCUT2D eigenvalue weighted by molar-refractivity contribution is -0.138. The van der Waals surface area contributed by atoms with Gasteiger partial charge in [-0.15, -0.1) is 0 Å². The van der Waals surface area contributed by atoms with E-state index in [1.807, 2.05) is 54.6 Å². The summed E-state index contributed by atoms with van der Waals surface area (Å²) in [6, 6.07) is 32.5. The van der Waals surface area contributed by atoms with Crippen LogP contribution in [0.15, 0.2) is 115 Å². The van der Waals surface area contributed by atoms with Crippen molar-refractivity contribution in [3.63, 3.8) is 0 Å². The maximum absolute atomic E-state index is 13.7. The molecule has 4 aromatic carbocycles. The van der Waals surface area contributed by atoms with Gasteiger partial charge in [-0.3, -0.25) is 14.6 Å². The predicted molar refractivity (Wildman–Crippen MR) is 175 cm³/mol. The molecule has 47 heavy (non-hydrogen) atoms. The molecule has 6 nitrogen and oxygen atoms in total. The lowest BCUT2D eigenvalue weighted by Gasteiger charge is -2.19. The number of carbonyl (C=O) groups excluding carboxylic acids is 2. The van der Waals surface area contributed by atoms with Crippen molar-refractivity contribution in [1.29, 1.82) is 0 Å². The van der Waals surface area contributed by atoms with Gasteiger partial charge in [-0.2, -0.15) is 13.2 Å². The number of anilines is 1. The molecule has 2 atom stereocenters. The number of para-hydroxylation sites is 2. The van der Waals surface area contributed by atoms with Crippen molar-refractivity contribution < 1.29 is 27.5 Å². The molecule has 0 spiro atoms. The average molecular weight is 636 g/mol. The van der Waals surface area contributed by atoms with Crippen LogP contribution < -0.4 is 15.4 Å². The lowest BCUT2D eigenvalue weighted by atomic mass is 9.87. The molecule has 0 fully saturated rings. The van der Waals surface area contributed by atoms with Crippen LogP contribution in [0.4, 0.5) is 18.9 Å². The quantitative estimate of drug-likeness (QED) is 0.161. The number of hydrogen-bond acceptors (Lipinski definition) is 4. The monoisotopic (exact) mass is 635 g/mol. The number of halogens is 3. The van der Waals surface area contributed by atoms with E-state index in [1.54, 1.807) is 60.8 Å². The summed E-state index contributed by atoms with van der Waals surface area (Å²) < 4.78 is 45.6. The van der Waals surface area contributed by atoms with Gasteiger partial charge in [0, 0.05) is 29.1 Å². The Morgan fingerprint density at radius 2 is 1.64 bits per heavy atom. The highest BCUT2D eigenvalue weighted by Crippen LogP contribution is 2.50. The highest BCUT2D eigenvalue weighted by molar-refractivity contribution is 6.10. The highest BCUT2D eigenvalue weighted by atomic mass is 19.4. The molecule has 2 N–H and O–H groups in total. The molecule has 0 saturated heterocycles. The Bertz CT molecular complexity index is 1900. The molecule has 0 radical (unpaired) electrons. The summed E-state index contributed by atoms with van der Waals surface area (Å²) in [7, 11) is 0. The molecule has 2 amide bonds. The number of pyridine rings is 1. The Balaban J connectivity index is 1.40. The van der Waals surface area contributed by atoms with E-state index in [9.17, 15) is 22.8 Å². The Hall–Kier alpha value is -5.44. The average Bonchev–Trinajstić information content (AvgIpc) is 3.41. The van der Waals surface area contributed by atoms with Crippen LogP contribution in [-0.2, 0) is 4.79 Å². The molecule has 0 aliphatic heterocycles. The normalized spacial score (nSPS) is 14.1. The standard InChI is InChI=1S/C38H32F3N3O3/c1-2-11-26(31-16-8-9-21-42-31)24-19-20-27-30(22-24)35(37(46)43-23-38(39,40)41)29-15-10-17-32(34(27)29)44-36(45)28-14-6-7-18-33(28)47-25-12-4-3-5-13-25/h3-10,12-22,26,35H,2,11,23H2,1H3,(H,43,46)(H,44,45). The van der Waals surface area contributed by atoms with Crippen molar-refractivity contribution in [3.8, 4) is 22.6 Å². The molecule has 238 valence electrons. The molecule has 6 rings (SSSR count). The fourth-order valence-corrected chi connectivity index (χ4v) is 6.12. The van der Waals surface area contributed by atoms with Gasteiger partial charge in [-0.25, -0.2) is 0 Å². The lowest BCUT2D eigenvalue weighted by Crippen LogP contribution is -2.36. The van der Waals surface area contributed by atoms with E-state index in [-0.39, 0.29) is 5.92 Å². The SMILES string of the molecule is CCCC(c1ccc2c(c1)C(C(=O)NCC(F)(F)F)c1cccc(NC(=O)c3ccccc3Oc3ccccc3)c1-2)c1ccccn1. The van der Waals surface area contributed by atoms with Crippen LogP contribution in [-0.4, -0.2) is 29.5 Å². The first kappa shape index (κ1) is 31.5. The topological polar surface area (TPSA) is 80.3 Å². The number of nitrogens with one attached hydrogen (secondary N) is 2. The molecule has 9 heteroatoms. The zero-order chi connectivity index (χ0) is 33.0. The summed E-state index contributed by atoms with van der Waals surface area (Å²) >= 11 is 0. The van der Waals surface area contributed by atoms with Crippen molar-refractivity contribution in [2.24, 2.45) is 0 Å². The van der Waals surface area contributed by atoms with E-state index in [0.717, 1.165) is 24.1 Å². The fraction of sp³-hybridized carbons (Fsp3) is 0.184. The number of carbonyl (C=O) groups is 2. The molecule has 0 saturated carbocycles. The van der Waals surface area contributed by atoms with E-state index >= 15 is 0 Å². The van der Waals surface area contributed by atoms with Gasteiger partial charge in [0.2, 0.25) is 5.91 Å². The van der Waals surface area contributed by atoms with Gasteiger partial charge in [0.15, 0.2) is 0 Å². The van der Waals surface area contributed by atoms with E-state index in [0.29, 0.717) is 45.0 Å². The molecule has 2 unspecified atom stereocenters. The summed E-state index contributed by atoms with van der Waals surface area (Å²) in [4.78, 5) is 31.8. The summed E-state index contributed by atoms with van der Waals surface area (Å²) in [5.41, 5.74) is 4.82. The maximum Gasteiger partial charge on any atom is 0.405 e. The highest BCUT2D eigenvalue weighted by Gasteiger charge is 2.38. The number of fused-ring (bicyclic) bond motifs is 3. The van der Waals surface area contributed by atoms with Crippen LogP contribution in [0.5, 0.6) is 11.5 Å². The molecule has 1 aromatic heterocycles. The van der Waals surface area contributed by atoms with Gasteiger partial charge in [0.05, 0.1) is 11.5 Å². The van der Waals surface area contributed by atoms with Gasteiger partial charge < -0.3 is 15.4 Å². The smallest absolute Gasteiger partial charge is 0.405 e. The third kappa shape index (κ3) is 6.89. The first-order valence-corrected chi connectivity index (χ1v) is 15.4. The number of aromatic nitrogens is 1. The number of ether oxygens (including phenoxy) is 1. The molecule has 1 aliphatic carbocycles. The summed E-state index contributed by atoms with van der Waals surface area (Å²) in [5.74, 6) is -1.37. The Morgan fingerprint density at radius 3 is 2.38 bits per heavy atom. The molecule has 5 aromatic rings. The fourth-order valence-electron chi connectivity index (χ4n) is 6.12. The second-order valence-corrected chi connectivity index (χ2v) is 11.3. The van der Waals surface area contributed by atoms with Crippen LogP contribution in [0, 0.1) is 0 Å². The van der Waals surface area contributed by atoms with Crippen LogP contribution in [0.2, 0.25) is 0 Å². The summed E-state index contributed by atoms with van der Waals surface area (Å²) in [5, 5.41) is 5.07. The van der Waals surface area contributed by atoms with Gasteiger partial charge >= 0.3 is 6.18 Å². The van der Waals surface area contributed by atoms with Crippen LogP contribution in [0.1, 0.15) is 64.3 Å². The Kier molecular flexibility index (Phi) is 9.06. The number of rotatable bonds is 10. The second-order valence-electron chi connectivity index (χ2n) is 11.3. The van der Waals surface area contributed by atoms with Crippen molar-refractivity contribution in [2.45, 2.75) is 37.8 Å². The molecule has 1 heterocycles. The zero-order valence-electron chi connectivity index (χ0n) is 25.6. The number of alkyl halides is 3. The molecule has 0 bridgehead atoms. The van der Waals surface area contributed by atoms with Gasteiger partial charge in [0.1, 0.15) is 18.0 Å². The largest absolute Gasteiger partial charge is 0.457 e. The Morgan fingerprint density at radius 1 is 0.872 bits per heavy atom. The van der Waals surface area contributed by atoms with Crippen molar-refractivity contribution >= 4 is 17.5 Å². The van der Waals surface area contributed by atoms with Gasteiger partial charge in [0.25, 0.3) is 5.91 Å². The summed E-state index contributed by atoms with van der Waals surface area (Å²) in [6.45, 7) is 0.623.